The van der Waals surface area contributed by atoms with E-state index in [1.54, 1.807) is 0 Å². The molecule has 1 fully saturated rings. The number of benzene rings is 2. The Balaban J connectivity index is 1.79. The molecule has 1 unspecified atom stereocenters. The first-order valence-electron chi connectivity index (χ1n) is 8.00. The van der Waals surface area contributed by atoms with Crippen LogP contribution in [-0.2, 0) is 11.2 Å². The molecule has 0 bridgehead atoms. The van der Waals surface area contributed by atoms with E-state index in [0.717, 1.165) is 24.5 Å². The number of fused-ring (bicyclic) bond motifs is 3. The quantitative estimate of drug-likeness (QED) is 0.663. The lowest BCUT2D eigenvalue weighted by Crippen LogP contribution is -2.40. The molecule has 1 heterocycles. The number of amides is 1. The van der Waals surface area contributed by atoms with Gasteiger partial charge in [0.15, 0.2) is 0 Å². The van der Waals surface area contributed by atoms with E-state index < -0.39 is 0 Å². The number of carbonyl (C=O) groups is 1. The van der Waals surface area contributed by atoms with Gasteiger partial charge in [-0.1, -0.05) is 49.0 Å². The second-order valence-corrected chi connectivity index (χ2v) is 7.18. The van der Waals surface area contributed by atoms with Crippen LogP contribution in [0.2, 0.25) is 0 Å². The Morgan fingerprint density at radius 2 is 2.00 bits per heavy atom. The van der Waals surface area contributed by atoms with Crippen LogP contribution in [-0.4, -0.2) is 28.9 Å². The van der Waals surface area contributed by atoms with Crippen LogP contribution in [0.5, 0.6) is 0 Å². The van der Waals surface area contributed by atoms with Crippen molar-refractivity contribution >= 4 is 17.7 Å². The summed E-state index contributed by atoms with van der Waals surface area (Å²) in [4.78, 5) is 14.3. The lowest BCUT2D eigenvalue weighted by Gasteiger charge is -2.36. The zero-order valence-electron chi connectivity index (χ0n) is 13.0. The minimum Gasteiger partial charge on any atom is -0.330 e. The van der Waals surface area contributed by atoms with E-state index in [9.17, 15) is 4.79 Å². The lowest BCUT2D eigenvalue weighted by molar-refractivity contribution is -0.127. The average molecular weight is 321 g/mol. The van der Waals surface area contributed by atoms with Gasteiger partial charge in [-0.15, -0.1) is 0 Å². The van der Waals surface area contributed by atoms with Crippen LogP contribution in [0.25, 0.3) is 11.1 Å². The van der Waals surface area contributed by atoms with Gasteiger partial charge in [0.25, 0.3) is 0 Å². The third kappa shape index (κ3) is 2.40. The van der Waals surface area contributed by atoms with Crippen LogP contribution in [0, 0.1) is 0 Å². The van der Waals surface area contributed by atoms with E-state index in [4.69, 9.17) is 0 Å². The molecule has 1 atom stereocenters. The minimum absolute atomic E-state index is 0.0448. The number of carbonyl (C=O) groups excluding carboxylic acids is 1. The lowest BCUT2D eigenvalue weighted by atomic mass is 9.95. The zero-order valence-corrected chi connectivity index (χ0v) is 13.8. The SMILES string of the molecule is C=CC(=O)N1CCSCC1c1cccc2c1Cc1ccccc1-2. The van der Waals surface area contributed by atoms with Gasteiger partial charge < -0.3 is 4.90 Å². The molecule has 2 nitrogen and oxygen atoms in total. The molecule has 116 valence electrons. The summed E-state index contributed by atoms with van der Waals surface area (Å²) in [7, 11) is 0. The molecule has 2 aromatic carbocycles. The van der Waals surface area contributed by atoms with E-state index in [-0.39, 0.29) is 11.9 Å². The van der Waals surface area contributed by atoms with E-state index in [0.29, 0.717) is 0 Å². The van der Waals surface area contributed by atoms with Gasteiger partial charge >= 0.3 is 0 Å². The fourth-order valence-electron chi connectivity index (χ4n) is 3.74. The summed E-state index contributed by atoms with van der Waals surface area (Å²) in [5.41, 5.74) is 6.76. The molecule has 1 aliphatic heterocycles. The monoisotopic (exact) mass is 321 g/mol. The van der Waals surface area contributed by atoms with Crippen molar-refractivity contribution < 1.29 is 4.79 Å². The first-order chi connectivity index (χ1) is 11.3. The van der Waals surface area contributed by atoms with Crippen molar-refractivity contribution in [3.8, 4) is 11.1 Å². The molecule has 0 N–H and O–H groups in total. The predicted octanol–water partition coefficient (Wildman–Crippen LogP) is 4.06. The Bertz CT molecular complexity index is 783. The number of rotatable bonds is 2. The molecule has 1 saturated heterocycles. The Morgan fingerprint density at radius 1 is 1.17 bits per heavy atom. The Morgan fingerprint density at radius 3 is 2.87 bits per heavy atom. The molecule has 23 heavy (non-hydrogen) atoms. The molecule has 0 radical (unpaired) electrons. The summed E-state index contributed by atoms with van der Waals surface area (Å²) >= 11 is 1.93. The number of hydrogen-bond donors (Lipinski definition) is 0. The van der Waals surface area contributed by atoms with Crippen molar-refractivity contribution in [2.45, 2.75) is 12.5 Å². The number of hydrogen-bond acceptors (Lipinski definition) is 2. The third-order valence-electron chi connectivity index (χ3n) is 4.83. The molecular weight excluding hydrogens is 302 g/mol. The van der Waals surface area contributed by atoms with Gasteiger partial charge in [-0.05, 0) is 40.3 Å². The summed E-state index contributed by atoms with van der Waals surface area (Å²) in [6.45, 7) is 4.47. The Hall–Kier alpha value is -2.00. The van der Waals surface area contributed by atoms with Gasteiger partial charge in [-0.2, -0.15) is 11.8 Å². The van der Waals surface area contributed by atoms with E-state index in [2.05, 4.69) is 49.0 Å². The molecule has 0 saturated carbocycles. The molecular formula is C20H19NOS. The number of nitrogens with zero attached hydrogens (tertiary/aromatic N) is 1. The molecule has 4 rings (SSSR count). The van der Waals surface area contributed by atoms with Crippen molar-refractivity contribution in [3.63, 3.8) is 0 Å². The van der Waals surface area contributed by atoms with Crippen molar-refractivity contribution in [3.05, 3.63) is 71.8 Å². The van der Waals surface area contributed by atoms with Crippen molar-refractivity contribution in [1.82, 2.24) is 4.90 Å². The van der Waals surface area contributed by atoms with Crippen LogP contribution < -0.4 is 0 Å². The van der Waals surface area contributed by atoms with Gasteiger partial charge in [0, 0.05) is 18.1 Å². The standard InChI is InChI=1S/C20H19NOS/c1-2-20(22)21-10-11-23-13-19(21)17-9-5-8-16-15-7-4-3-6-14(15)12-18(16)17/h2-9,19H,1,10-13H2. The number of thioether (sulfide) groups is 1. The fourth-order valence-corrected chi connectivity index (χ4v) is 4.81. The van der Waals surface area contributed by atoms with Crippen LogP contribution in [0.4, 0.5) is 0 Å². The summed E-state index contributed by atoms with van der Waals surface area (Å²) in [6.07, 6.45) is 2.42. The molecule has 2 aromatic rings. The third-order valence-corrected chi connectivity index (χ3v) is 5.85. The van der Waals surface area contributed by atoms with Gasteiger partial charge in [0.1, 0.15) is 0 Å². The Labute approximate surface area is 141 Å². The summed E-state index contributed by atoms with van der Waals surface area (Å²) in [5.74, 6) is 2.01. The molecule has 1 amide bonds. The predicted molar refractivity (Wildman–Crippen MR) is 96.7 cm³/mol. The highest BCUT2D eigenvalue weighted by molar-refractivity contribution is 7.99. The Kier molecular flexibility index (Phi) is 3.74. The minimum atomic E-state index is 0.0448. The van der Waals surface area contributed by atoms with Gasteiger partial charge in [0.05, 0.1) is 6.04 Å². The van der Waals surface area contributed by atoms with Crippen LogP contribution >= 0.6 is 11.8 Å². The first-order valence-corrected chi connectivity index (χ1v) is 9.16. The first kappa shape index (κ1) is 14.6. The summed E-state index contributed by atoms with van der Waals surface area (Å²) < 4.78 is 0. The van der Waals surface area contributed by atoms with E-state index >= 15 is 0 Å². The van der Waals surface area contributed by atoms with E-state index in [1.807, 2.05) is 16.7 Å². The molecule has 0 spiro atoms. The normalized spacial score (nSPS) is 19.1. The molecule has 2 aliphatic rings. The molecule has 3 heteroatoms. The highest BCUT2D eigenvalue weighted by Crippen LogP contribution is 2.42. The maximum absolute atomic E-state index is 12.3. The topological polar surface area (TPSA) is 20.3 Å². The highest BCUT2D eigenvalue weighted by Gasteiger charge is 2.31. The zero-order chi connectivity index (χ0) is 15.8. The van der Waals surface area contributed by atoms with Crippen LogP contribution in [0.15, 0.2) is 55.1 Å². The van der Waals surface area contributed by atoms with Crippen LogP contribution in [0.1, 0.15) is 22.7 Å². The fraction of sp³-hybridized carbons (Fsp3) is 0.250. The second-order valence-electron chi connectivity index (χ2n) is 6.03. The largest absolute Gasteiger partial charge is 0.330 e. The van der Waals surface area contributed by atoms with Crippen molar-refractivity contribution in [1.29, 1.82) is 0 Å². The van der Waals surface area contributed by atoms with Gasteiger partial charge in [-0.25, -0.2) is 0 Å². The molecule has 1 aliphatic carbocycles. The summed E-state index contributed by atoms with van der Waals surface area (Å²) in [5, 5.41) is 0. The van der Waals surface area contributed by atoms with Gasteiger partial charge in [-0.3, -0.25) is 4.79 Å². The average Bonchev–Trinajstić information content (AvgIpc) is 3.00. The molecule has 0 aromatic heterocycles. The smallest absolute Gasteiger partial charge is 0.246 e. The highest BCUT2D eigenvalue weighted by atomic mass is 32.2. The maximum atomic E-state index is 12.3. The van der Waals surface area contributed by atoms with Crippen molar-refractivity contribution in [2.75, 3.05) is 18.1 Å². The summed E-state index contributed by atoms with van der Waals surface area (Å²) in [6, 6.07) is 15.3. The second kappa shape index (κ2) is 5.89. The van der Waals surface area contributed by atoms with Crippen LogP contribution in [0.3, 0.4) is 0 Å². The van der Waals surface area contributed by atoms with Gasteiger partial charge in [0.2, 0.25) is 5.91 Å². The maximum Gasteiger partial charge on any atom is 0.246 e. The van der Waals surface area contributed by atoms with E-state index in [1.165, 1.54) is 33.9 Å². The van der Waals surface area contributed by atoms with Crippen molar-refractivity contribution in [2.24, 2.45) is 0 Å².